The van der Waals surface area contributed by atoms with Gasteiger partial charge in [-0.05, 0) is 92.3 Å². The van der Waals surface area contributed by atoms with E-state index in [1.54, 1.807) is 31.3 Å². The molecule has 4 rings (SSSR count). The van der Waals surface area contributed by atoms with E-state index < -0.39 is 56.4 Å². The van der Waals surface area contributed by atoms with Gasteiger partial charge in [0.1, 0.15) is 24.3 Å². The van der Waals surface area contributed by atoms with Gasteiger partial charge in [-0.15, -0.1) is 6.42 Å². The van der Waals surface area contributed by atoms with E-state index >= 15 is 0 Å². The number of terminal acetylenes is 1. The number of hydrogen-bond acceptors (Lipinski definition) is 10. The van der Waals surface area contributed by atoms with Crippen molar-refractivity contribution in [1.82, 2.24) is 20.6 Å². The van der Waals surface area contributed by atoms with Crippen LogP contribution in [0.3, 0.4) is 0 Å². The molecule has 0 spiro atoms. The lowest BCUT2D eigenvalue weighted by Crippen LogP contribution is -2.41. The third-order valence-electron chi connectivity index (χ3n) is 9.21. The fourth-order valence-electron chi connectivity index (χ4n) is 6.39. The number of nitrogens with one attached hydrogen (secondary N) is 3. The standard InChI is InChI=1S/C37H45N5O10Si/c1-4-16-42(31-13-7-23-19-30-28(20-27(23)31)36(49)41-32(21-43)39-30)25-9-5-22(6-10-25)35(48)40-29(37(50)51)12-11-26(44)18-24(8-14-33(45)46)34(47)38-15-17-53(2,3)52/h1,5-6,9-10,19-20,24,29,31,43,52H,7-8,11-18,21H2,2-3H3,(H,38,47)(H,40,48)(H,45,46)(H,50,51)(H,39,41,49)/t24-,29-,31-/m0/s1. The van der Waals surface area contributed by atoms with Crippen LogP contribution in [0.2, 0.25) is 19.1 Å². The zero-order valence-corrected chi connectivity index (χ0v) is 30.7. The van der Waals surface area contributed by atoms with Crippen molar-refractivity contribution in [2.45, 2.75) is 82.8 Å². The van der Waals surface area contributed by atoms with Crippen LogP contribution in [0.1, 0.15) is 71.9 Å². The molecular weight excluding hydrogens is 703 g/mol. The number of amides is 2. The van der Waals surface area contributed by atoms with E-state index in [0.29, 0.717) is 35.5 Å². The summed E-state index contributed by atoms with van der Waals surface area (Å²) in [6.45, 7) is 3.44. The van der Waals surface area contributed by atoms with Crippen molar-refractivity contribution in [3.05, 3.63) is 69.3 Å². The lowest BCUT2D eigenvalue weighted by molar-refractivity contribution is -0.140. The highest BCUT2D eigenvalue weighted by atomic mass is 28.4. The van der Waals surface area contributed by atoms with Crippen LogP contribution in [0.25, 0.3) is 10.9 Å². The van der Waals surface area contributed by atoms with Crippen molar-refractivity contribution in [2.75, 3.05) is 18.0 Å². The van der Waals surface area contributed by atoms with Crippen LogP contribution < -0.4 is 21.1 Å². The fraction of sp³-hybridized carbons (Fsp3) is 0.432. The number of carbonyl (C=O) groups is 5. The predicted molar refractivity (Wildman–Crippen MR) is 198 cm³/mol. The molecule has 0 fully saturated rings. The van der Waals surface area contributed by atoms with Crippen LogP contribution in [0.5, 0.6) is 0 Å². The maximum atomic E-state index is 13.1. The first kappa shape index (κ1) is 40.4. The third kappa shape index (κ3) is 11.1. The number of rotatable bonds is 19. The van der Waals surface area contributed by atoms with Crippen molar-refractivity contribution in [3.63, 3.8) is 0 Å². The van der Waals surface area contributed by atoms with Crippen molar-refractivity contribution in [3.8, 4) is 12.3 Å². The number of carboxylic acids is 2. The summed E-state index contributed by atoms with van der Waals surface area (Å²) in [5.41, 5.74) is 2.91. The lowest BCUT2D eigenvalue weighted by atomic mass is 9.93. The van der Waals surface area contributed by atoms with Gasteiger partial charge in [0.25, 0.3) is 11.5 Å². The number of aromatic nitrogens is 2. The van der Waals surface area contributed by atoms with Gasteiger partial charge in [-0.1, -0.05) is 5.92 Å². The number of aliphatic hydroxyl groups is 1. The Kier molecular flexibility index (Phi) is 13.6. The largest absolute Gasteiger partial charge is 0.481 e. The van der Waals surface area contributed by atoms with Gasteiger partial charge >= 0.3 is 11.9 Å². The third-order valence-corrected chi connectivity index (χ3v) is 10.7. The Morgan fingerprint density at radius 3 is 2.43 bits per heavy atom. The molecule has 0 bridgehead atoms. The average molecular weight is 748 g/mol. The van der Waals surface area contributed by atoms with Crippen molar-refractivity contribution < 1.29 is 44.1 Å². The molecule has 3 atom stereocenters. The van der Waals surface area contributed by atoms with Gasteiger partial charge in [0, 0.05) is 43.0 Å². The first-order valence-corrected chi connectivity index (χ1v) is 20.5. The smallest absolute Gasteiger partial charge is 0.326 e. The highest BCUT2D eigenvalue weighted by molar-refractivity contribution is 6.69. The van der Waals surface area contributed by atoms with Gasteiger partial charge in [0.15, 0.2) is 8.32 Å². The SMILES string of the molecule is C#CCN(c1ccc(C(=O)N[C@@H](CCC(=O)C[C@H](CCC(=O)O)C(=O)NCC[Si](C)(C)O)C(=O)O)cc1)[C@H]1CCc2cc3nc(CO)[nH]c(=O)c3cc21. The summed E-state index contributed by atoms with van der Waals surface area (Å²) in [7, 11) is -2.43. The summed E-state index contributed by atoms with van der Waals surface area (Å²) in [5.74, 6) is -2.22. The predicted octanol–water partition coefficient (Wildman–Crippen LogP) is 2.26. The Morgan fingerprint density at radius 1 is 1.09 bits per heavy atom. The van der Waals surface area contributed by atoms with Crippen molar-refractivity contribution in [1.29, 1.82) is 0 Å². The molecular formula is C37H45N5O10Si. The summed E-state index contributed by atoms with van der Waals surface area (Å²) in [6, 6.07) is 8.89. The van der Waals surface area contributed by atoms with E-state index in [-0.39, 0.29) is 68.2 Å². The topological polar surface area (TPSA) is 239 Å². The molecule has 1 aliphatic rings. The number of hydrogen-bond donors (Lipinski definition) is 7. The molecule has 0 saturated carbocycles. The summed E-state index contributed by atoms with van der Waals surface area (Å²) in [6.07, 6.45) is 5.91. The number of ketones is 1. The van der Waals surface area contributed by atoms with Gasteiger partial charge in [-0.25, -0.2) is 9.78 Å². The number of Topliss-reactive ketones (excluding diaryl/α,β-unsaturated/α-hetero) is 1. The number of carboxylic acid groups (broad SMARTS) is 2. The molecule has 2 aromatic carbocycles. The van der Waals surface area contributed by atoms with Crippen LogP contribution >= 0.6 is 0 Å². The van der Waals surface area contributed by atoms with E-state index in [1.807, 2.05) is 11.0 Å². The van der Waals surface area contributed by atoms with Gasteiger partial charge in [-0.3, -0.25) is 24.0 Å². The normalized spacial score (nSPS) is 14.8. The second kappa shape index (κ2) is 17.9. The minimum absolute atomic E-state index is 0.0889. The number of aryl methyl sites for hydroxylation is 1. The fourth-order valence-corrected chi connectivity index (χ4v) is 7.13. The van der Waals surface area contributed by atoms with E-state index in [0.717, 1.165) is 11.1 Å². The van der Waals surface area contributed by atoms with E-state index in [9.17, 15) is 43.8 Å². The van der Waals surface area contributed by atoms with Crippen molar-refractivity contribution in [2.24, 2.45) is 5.92 Å². The Hall–Kier alpha value is -5.37. The molecule has 282 valence electrons. The number of aliphatic hydroxyl groups excluding tert-OH is 1. The zero-order chi connectivity index (χ0) is 38.9. The van der Waals surface area contributed by atoms with E-state index in [1.165, 1.54) is 12.1 Å². The maximum absolute atomic E-state index is 13.1. The van der Waals surface area contributed by atoms with Crippen LogP contribution in [0, 0.1) is 18.3 Å². The highest BCUT2D eigenvalue weighted by Gasteiger charge is 2.30. The van der Waals surface area contributed by atoms with Crippen molar-refractivity contribution >= 4 is 54.4 Å². The quantitative estimate of drug-likeness (QED) is 0.0691. The van der Waals surface area contributed by atoms with Crippen LogP contribution in [-0.4, -0.2) is 87.1 Å². The molecule has 15 nitrogen and oxygen atoms in total. The molecule has 3 aromatic rings. The number of fused-ring (bicyclic) bond motifs is 2. The molecule has 1 heterocycles. The number of benzene rings is 2. The first-order chi connectivity index (χ1) is 25.1. The number of carbonyl (C=O) groups excluding carboxylic acids is 3. The summed E-state index contributed by atoms with van der Waals surface area (Å²) < 4.78 is 0. The minimum Gasteiger partial charge on any atom is -0.481 e. The molecule has 1 aliphatic carbocycles. The van der Waals surface area contributed by atoms with Crippen LogP contribution in [0.4, 0.5) is 5.69 Å². The Balaban J connectivity index is 1.40. The molecule has 0 saturated heterocycles. The van der Waals surface area contributed by atoms with E-state index in [2.05, 4.69) is 26.5 Å². The summed E-state index contributed by atoms with van der Waals surface area (Å²) in [4.78, 5) is 93.5. The number of aliphatic carboxylic acids is 2. The van der Waals surface area contributed by atoms with Gasteiger partial charge in [0.05, 0.1) is 23.5 Å². The summed E-state index contributed by atoms with van der Waals surface area (Å²) in [5, 5.41) is 33.8. The Labute approximate surface area is 307 Å². The van der Waals surface area contributed by atoms with Crippen LogP contribution in [-0.2, 0) is 32.2 Å². The number of H-pyrrole nitrogens is 1. The number of anilines is 1. The molecule has 7 N–H and O–H groups in total. The molecule has 53 heavy (non-hydrogen) atoms. The Morgan fingerprint density at radius 2 is 1.81 bits per heavy atom. The molecule has 1 aromatic heterocycles. The van der Waals surface area contributed by atoms with Crippen LogP contribution in [0.15, 0.2) is 41.2 Å². The first-order valence-electron chi connectivity index (χ1n) is 17.3. The molecule has 0 unspecified atom stereocenters. The van der Waals surface area contributed by atoms with Gasteiger partial charge in [-0.2, -0.15) is 0 Å². The molecule has 0 aliphatic heterocycles. The van der Waals surface area contributed by atoms with Gasteiger partial charge in [0.2, 0.25) is 5.91 Å². The molecule has 16 heteroatoms. The average Bonchev–Trinajstić information content (AvgIpc) is 3.51. The second-order valence-corrected chi connectivity index (χ2v) is 17.9. The summed E-state index contributed by atoms with van der Waals surface area (Å²) >= 11 is 0. The maximum Gasteiger partial charge on any atom is 0.326 e. The van der Waals surface area contributed by atoms with Gasteiger partial charge < -0.3 is 40.6 Å². The zero-order valence-electron chi connectivity index (χ0n) is 29.7. The molecule has 2 amide bonds. The Bertz CT molecular complexity index is 1950. The monoisotopic (exact) mass is 747 g/mol. The number of aromatic amines is 1. The highest BCUT2D eigenvalue weighted by Crippen LogP contribution is 2.39. The molecule has 0 radical (unpaired) electrons. The minimum atomic E-state index is -2.43. The second-order valence-electron chi connectivity index (χ2n) is 13.8. The lowest BCUT2D eigenvalue weighted by Gasteiger charge is -2.30. The van der Waals surface area contributed by atoms with E-state index in [4.69, 9.17) is 11.5 Å². The number of nitrogens with zero attached hydrogens (tertiary/aromatic N) is 2.